The summed E-state index contributed by atoms with van der Waals surface area (Å²) in [6.45, 7) is 0. The molecule has 0 amide bonds. The summed E-state index contributed by atoms with van der Waals surface area (Å²) in [6.07, 6.45) is 5.92. The molecule has 14 heavy (non-hydrogen) atoms. The lowest BCUT2D eigenvalue weighted by atomic mass is 10.1. The number of allylic oxidation sites excluding steroid dienone is 2. The zero-order valence-electron chi connectivity index (χ0n) is 7.64. The van der Waals surface area contributed by atoms with Crippen LogP contribution in [0, 0.1) is 5.82 Å². The van der Waals surface area contributed by atoms with Crippen molar-refractivity contribution in [3.63, 3.8) is 0 Å². The minimum absolute atomic E-state index is 0.198. The zero-order valence-corrected chi connectivity index (χ0v) is 10.8. The van der Waals surface area contributed by atoms with Gasteiger partial charge in [-0.15, -0.1) is 0 Å². The van der Waals surface area contributed by atoms with Crippen molar-refractivity contribution in [2.75, 3.05) is 5.33 Å². The Morgan fingerprint density at radius 2 is 2.07 bits per heavy atom. The highest BCUT2D eigenvalue weighted by atomic mass is 79.9. The van der Waals surface area contributed by atoms with Crippen LogP contribution < -0.4 is 0 Å². The van der Waals surface area contributed by atoms with Gasteiger partial charge in [0.2, 0.25) is 0 Å². The summed E-state index contributed by atoms with van der Waals surface area (Å²) in [6, 6.07) is 5.11. The third-order valence-corrected chi connectivity index (χ3v) is 3.16. The largest absolute Gasteiger partial charge is 0.206 e. The van der Waals surface area contributed by atoms with E-state index in [1.54, 1.807) is 6.07 Å². The third kappa shape index (κ3) is 3.54. The highest BCUT2D eigenvalue weighted by molar-refractivity contribution is 9.10. The van der Waals surface area contributed by atoms with Gasteiger partial charge in [-0.3, -0.25) is 0 Å². The van der Waals surface area contributed by atoms with Gasteiger partial charge in [0.1, 0.15) is 5.82 Å². The van der Waals surface area contributed by atoms with Gasteiger partial charge in [0, 0.05) is 5.33 Å². The molecule has 1 aromatic carbocycles. The molecule has 0 saturated carbocycles. The van der Waals surface area contributed by atoms with E-state index < -0.39 is 0 Å². The van der Waals surface area contributed by atoms with Gasteiger partial charge in [-0.05, 0) is 40.4 Å². The van der Waals surface area contributed by atoms with Crippen molar-refractivity contribution in [2.45, 2.75) is 12.8 Å². The molecule has 1 rings (SSSR count). The van der Waals surface area contributed by atoms with E-state index in [0.29, 0.717) is 4.47 Å². The minimum atomic E-state index is -0.198. The second-order valence-electron chi connectivity index (χ2n) is 2.87. The Hall–Kier alpha value is -0.150. The van der Waals surface area contributed by atoms with Gasteiger partial charge < -0.3 is 0 Å². The summed E-state index contributed by atoms with van der Waals surface area (Å²) in [7, 11) is 0. The average molecular weight is 322 g/mol. The molecule has 0 aliphatic carbocycles. The average Bonchev–Trinajstić information content (AvgIpc) is 2.19. The van der Waals surface area contributed by atoms with E-state index in [2.05, 4.69) is 44.0 Å². The summed E-state index contributed by atoms with van der Waals surface area (Å²) in [5.74, 6) is -0.198. The fraction of sp³-hybridized carbons (Fsp3) is 0.273. The molecule has 1 aromatic rings. The van der Waals surface area contributed by atoms with E-state index in [0.717, 1.165) is 23.7 Å². The van der Waals surface area contributed by atoms with Crippen molar-refractivity contribution in [3.8, 4) is 0 Å². The van der Waals surface area contributed by atoms with E-state index in [1.165, 1.54) is 6.07 Å². The third-order valence-electron chi connectivity index (χ3n) is 1.81. The maximum Gasteiger partial charge on any atom is 0.137 e. The number of alkyl halides is 1. The molecule has 3 heteroatoms. The Morgan fingerprint density at radius 1 is 1.29 bits per heavy atom. The number of rotatable bonds is 4. The lowest BCUT2D eigenvalue weighted by Crippen LogP contribution is -1.86. The lowest BCUT2D eigenvalue weighted by molar-refractivity contribution is 0.619. The Labute approximate surface area is 100 Å². The quantitative estimate of drug-likeness (QED) is 0.567. The van der Waals surface area contributed by atoms with E-state index in [-0.39, 0.29) is 5.82 Å². The Kier molecular flexibility index (Phi) is 5.41. The molecule has 0 fully saturated rings. The standard InChI is InChI=1S/C11H11Br2F/c12-8-3-1-2-5-9-6-4-7-10(14)11(9)13/h1-2,4,6-7H,3,5,8H2/b2-1+. The molecule has 0 unspecified atom stereocenters. The van der Waals surface area contributed by atoms with Crippen LogP contribution in [0.5, 0.6) is 0 Å². The molecule has 0 nitrogen and oxygen atoms in total. The van der Waals surface area contributed by atoms with Gasteiger partial charge in [-0.2, -0.15) is 0 Å². The molecule has 76 valence electrons. The Balaban J connectivity index is 2.63. The molecule has 0 N–H and O–H groups in total. The summed E-state index contributed by atoms with van der Waals surface area (Å²) >= 11 is 6.57. The zero-order chi connectivity index (χ0) is 10.4. The second kappa shape index (κ2) is 6.36. The molecule has 0 radical (unpaired) electrons. The van der Waals surface area contributed by atoms with Crippen LogP contribution in [0.2, 0.25) is 0 Å². The maximum atomic E-state index is 13.1. The van der Waals surface area contributed by atoms with E-state index in [4.69, 9.17) is 0 Å². The fourth-order valence-electron chi connectivity index (χ4n) is 1.10. The molecule has 0 bridgehead atoms. The normalized spacial score (nSPS) is 11.1. The van der Waals surface area contributed by atoms with Crippen molar-refractivity contribution in [1.82, 2.24) is 0 Å². The predicted octanol–water partition coefficient (Wildman–Crippen LogP) is 4.47. The first-order valence-electron chi connectivity index (χ1n) is 4.39. The van der Waals surface area contributed by atoms with Gasteiger partial charge in [0.15, 0.2) is 0 Å². The number of halogens is 3. The van der Waals surface area contributed by atoms with Crippen molar-refractivity contribution < 1.29 is 4.39 Å². The molecule has 0 saturated heterocycles. The first kappa shape index (κ1) is 11.9. The van der Waals surface area contributed by atoms with Gasteiger partial charge in [-0.25, -0.2) is 4.39 Å². The van der Waals surface area contributed by atoms with Gasteiger partial charge in [0.05, 0.1) is 4.47 Å². The van der Waals surface area contributed by atoms with Crippen LogP contribution in [0.4, 0.5) is 4.39 Å². The van der Waals surface area contributed by atoms with Gasteiger partial charge in [-0.1, -0.05) is 40.2 Å². The summed E-state index contributed by atoms with van der Waals surface area (Å²) in [5, 5.41) is 0.966. The molecule has 0 spiro atoms. The molecular weight excluding hydrogens is 311 g/mol. The van der Waals surface area contributed by atoms with Gasteiger partial charge >= 0.3 is 0 Å². The smallest absolute Gasteiger partial charge is 0.137 e. The first-order chi connectivity index (χ1) is 6.75. The fourth-order valence-corrected chi connectivity index (χ4v) is 1.79. The summed E-state index contributed by atoms with van der Waals surface area (Å²) in [5.41, 5.74) is 0.982. The SMILES string of the molecule is Fc1cccc(C/C=C/CCBr)c1Br. The van der Waals surface area contributed by atoms with E-state index in [9.17, 15) is 4.39 Å². The molecule has 0 aromatic heterocycles. The van der Waals surface area contributed by atoms with E-state index in [1.807, 2.05) is 6.07 Å². The van der Waals surface area contributed by atoms with Crippen molar-refractivity contribution >= 4 is 31.9 Å². The monoisotopic (exact) mass is 320 g/mol. The Bertz CT molecular complexity index is 321. The van der Waals surface area contributed by atoms with Crippen LogP contribution in [-0.4, -0.2) is 5.33 Å². The van der Waals surface area contributed by atoms with Crippen LogP contribution in [0.1, 0.15) is 12.0 Å². The summed E-state index contributed by atoms with van der Waals surface area (Å²) < 4.78 is 13.6. The van der Waals surface area contributed by atoms with Crippen molar-refractivity contribution in [3.05, 3.63) is 46.2 Å². The number of hydrogen-bond donors (Lipinski definition) is 0. The van der Waals surface area contributed by atoms with Crippen LogP contribution in [0.15, 0.2) is 34.8 Å². The van der Waals surface area contributed by atoms with Crippen LogP contribution in [0.3, 0.4) is 0 Å². The lowest BCUT2D eigenvalue weighted by Gasteiger charge is -2.01. The minimum Gasteiger partial charge on any atom is -0.206 e. The number of hydrogen-bond acceptors (Lipinski definition) is 0. The topological polar surface area (TPSA) is 0 Å². The maximum absolute atomic E-state index is 13.1. The Morgan fingerprint density at radius 3 is 2.79 bits per heavy atom. The summed E-state index contributed by atoms with van der Waals surface area (Å²) in [4.78, 5) is 0. The molecule has 0 heterocycles. The van der Waals surface area contributed by atoms with Crippen molar-refractivity contribution in [2.24, 2.45) is 0 Å². The first-order valence-corrected chi connectivity index (χ1v) is 6.31. The molecule has 0 aliphatic heterocycles. The highest BCUT2D eigenvalue weighted by Crippen LogP contribution is 2.20. The molecular formula is C11H11Br2F. The predicted molar refractivity (Wildman–Crippen MR) is 65.4 cm³/mol. The second-order valence-corrected chi connectivity index (χ2v) is 4.45. The van der Waals surface area contributed by atoms with Gasteiger partial charge in [0.25, 0.3) is 0 Å². The molecule has 0 atom stereocenters. The van der Waals surface area contributed by atoms with Crippen molar-refractivity contribution in [1.29, 1.82) is 0 Å². The highest BCUT2D eigenvalue weighted by Gasteiger charge is 2.02. The van der Waals surface area contributed by atoms with Crippen LogP contribution in [-0.2, 0) is 6.42 Å². The van der Waals surface area contributed by atoms with E-state index >= 15 is 0 Å². The van der Waals surface area contributed by atoms with Crippen LogP contribution >= 0.6 is 31.9 Å². The number of benzene rings is 1. The van der Waals surface area contributed by atoms with Crippen LogP contribution in [0.25, 0.3) is 0 Å². The molecule has 0 aliphatic rings.